The first kappa shape index (κ1) is 18.5. The number of carbonyl (C=O) groups is 1. The molecule has 0 unspecified atom stereocenters. The van der Waals surface area contributed by atoms with Crippen molar-refractivity contribution < 1.29 is 22.0 Å². The van der Waals surface area contributed by atoms with E-state index in [-0.39, 0.29) is 6.42 Å². The van der Waals surface area contributed by atoms with E-state index in [9.17, 15) is 22.0 Å². The van der Waals surface area contributed by atoms with E-state index in [0.717, 1.165) is 23.3 Å². The van der Waals surface area contributed by atoms with E-state index in [1.165, 1.54) is 4.90 Å². The van der Waals surface area contributed by atoms with Crippen molar-refractivity contribution in [2.24, 2.45) is 0 Å². The SMILES string of the molecule is Cc1ccc(N2CC[C@@H](NS(=O)(=O)c3cc(F)ccc3F)C2=O)cc1C. The second-order valence-electron chi connectivity index (χ2n) is 6.30. The Morgan fingerprint density at radius 1 is 1.08 bits per heavy atom. The molecule has 1 aliphatic rings. The lowest BCUT2D eigenvalue weighted by atomic mass is 10.1. The first-order valence-electron chi connectivity index (χ1n) is 8.05. The summed E-state index contributed by atoms with van der Waals surface area (Å²) >= 11 is 0. The van der Waals surface area contributed by atoms with Gasteiger partial charge in [0.05, 0.1) is 0 Å². The predicted molar refractivity (Wildman–Crippen MR) is 93.4 cm³/mol. The minimum atomic E-state index is -4.36. The Labute approximate surface area is 150 Å². The zero-order valence-electron chi connectivity index (χ0n) is 14.3. The highest BCUT2D eigenvalue weighted by atomic mass is 32.2. The van der Waals surface area contributed by atoms with Crippen molar-refractivity contribution in [3.05, 3.63) is 59.2 Å². The fourth-order valence-corrected chi connectivity index (χ4v) is 4.19. The molecule has 0 bridgehead atoms. The number of amides is 1. The Morgan fingerprint density at radius 2 is 1.81 bits per heavy atom. The molecule has 0 spiro atoms. The number of nitrogens with zero attached hydrogens (tertiary/aromatic N) is 1. The van der Waals surface area contributed by atoms with E-state index in [2.05, 4.69) is 4.72 Å². The molecule has 8 heteroatoms. The molecule has 3 rings (SSSR count). The minimum Gasteiger partial charge on any atom is -0.311 e. The van der Waals surface area contributed by atoms with E-state index in [1.807, 2.05) is 26.0 Å². The van der Waals surface area contributed by atoms with Gasteiger partial charge in [0.2, 0.25) is 15.9 Å². The average Bonchev–Trinajstić information content (AvgIpc) is 2.92. The van der Waals surface area contributed by atoms with E-state index >= 15 is 0 Å². The van der Waals surface area contributed by atoms with Crippen molar-refractivity contribution in [1.82, 2.24) is 4.72 Å². The third-order valence-electron chi connectivity index (χ3n) is 4.49. The highest BCUT2D eigenvalue weighted by Crippen LogP contribution is 2.25. The lowest BCUT2D eigenvalue weighted by Crippen LogP contribution is -2.41. The van der Waals surface area contributed by atoms with Gasteiger partial charge in [0.15, 0.2) is 0 Å². The predicted octanol–water partition coefficient (Wildman–Crippen LogP) is 2.67. The van der Waals surface area contributed by atoms with Gasteiger partial charge in [-0.25, -0.2) is 17.2 Å². The summed E-state index contributed by atoms with van der Waals surface area (Å²) < 4.78 is 54.0. The molecule has 0 saturated carbocycles. The lowest BCUT2D eigenvalue weighted by molar-refractivity contribution is -0.118. The van der Waals surface area contributed by atoms with Crippen LogP contribution >= 0.6 is 0 Å². The maximum Gasteiger partial charge on any atom is 0.245 e. The van der Waals surface area contributed by atoms with Crippen LogP contribution in [0.2, 0.25) is 0 Å². The molecule has 1 atom stereocenters. The Bertz CT molecular complexity index is 976. The van der Waals surface area contributed by atoms with Crippen molar-refractivity contribution in [2.75, 3.05) is 11.4 Å². The van der Waals surface area contributed by atoms with Crippen molar-refractivity contribution in [1.29, 1.82) is 0 Å². The third-order valence-corrected chi connectivity index (χ3v) is 5.97. The van der Waals surface area contributed by atoms with Gasteiger partial charge in [-0.15, -0.1) is 0 Å². The van der Waals surface area contributed by atoms with Crippen LogP contribution in [0.4, 0.5) is 14.5 Å². The molecule has 1 N–H and O–H groups in total. The first-order valence-corrected chi connectivity index (χ1v) is 9.53. The van der Waals surface area contributed by atoms with E-state index in [1.54, 1.807) is 6.07 Å². The lowest BCUT2D eigenvalue weighted by Gasteiger charge is -2.18. The summed E-state index contributed by atoms with van der Waals surface area (Å²) in [6, 6.07) is 6.68. The number of halogens is 2. The molecule has 5 nitrogen and oxygen atoms in total. The fourth-order valence-electron chi connectivity index (χ4n) is 2.87. The van der Waals surface area contributed by atoms with Gasteiger partial charge in [-0.3, -0.25) is 4.79 Å². The molecule has 0 radical (unpaired) electrons. The zero-order chi connectivity index (χ0) is 19.1. The summed E-state index contributed by atoms with van der Waals surface area (Å²) in [5, 5.41) is 0. The first-order chi connectivity index (χ1) is 12.2. The van der Waals surface area contributed by atoms with Crippen molar-refractivity contribution in [3.63, 3.8) is 0 Å². The number of carbonyl (C=O) groups excluding carboxylic acids is 1. The second kappa shape index (κ2) is 6.77. The van der Waals surface area contributed by atoms with Gasteiger partial charge < -0.3 is 4.90 Å². The Hall–Kier alpha value is -2.32. The number of anilines is 1. The molecule has 0 aromatic heterocycles. The molecular formula is C18H18F2N2O3S. The normalized spacial score (nSPS) is 17.8. The largest absolute Gasteiger partial charge is 0.311 e. The van der Waals surface area contributed by atoms with Crippen LogP contribution in [0.3, 0.4) is 0 Å². The number of hydrogen-bond donors (Lipinski definition) is 1. The van der Waals surface area contributed by atoms with Crippen LogP contribution in [0.15, 0.2) is 41.3 Å². The molecule has 2 aromatic carbocycles. The van der Waals surface area contributed by atoms with E-state index in [4.69, 9.17) is 0 Å². The second-order valence-corrected chi connectivity index (χ2v) is 7.98. The number of benzene rings is 2. The molecule has 2 aromatic rings. The summed E-state index contributed by atoms with van der Waals surface area (Å²) in [5.41, 5.74) is 2.78. The summed E-state index contributed by atoms with van der Waals surface area (Å²) in [4.78, 5) is 13.3. The summed E-state index contributed by atoms with van der Waals surface area (Å²) in [5.74, 6) is -2.37. The highest BCUT2D eigenvalue weighted by molar-refractivity contribution is 7.89. The monoisotopic (exact) mass is 380 g/mol. The van der Waals surface area contributed by atoms with Gasteiger partial charge in [-0.2, -0.15) is 4.72 Å². The van der Waals surface area contributed by atoms with E-state index < -0.39 is 38.5 Å². The standard InChI is InChI=1S/C18H18F2N2O3S/c1-11-3-5-14(9-12(11)2)22-8-7-16(18(22)23)21-26(24,25)17-10-13(19)4-6-15(17)20/h3-6,9-10,16,21H,7-8H2,1-2H3/t16-/m1/s1. The van der Waals surface area contributed by atoms with Gasteiger partial charge in [0.1, 0.15) is 22.6 Å². The molecule has 138 valence electrons. The Morgan fingerprint density at radius 3 is 2.50 bits per heavy atom. The quantitative estimate of drug-likeness (QED) is 0.887. The highest BCUT2D eigenvalue weighted by Gasteiger charge is 2.36. The van der Waals surface area contributed by atoms with Gasteiger partial charge in [0, 0.05) is 12.2 Å². The van der Waals surface area contributed by atoms with Crippen LogP contribution in [0.25, 0.3) is 0 Å². The molecule has 1 heterocycles. The van der Waals surface area contributed by atoms with Crippen LogP contribution in [0.5, 0.6) is 0 Å². The maximum absolute atomic E-state index is 13.8. The summed E-state index contributed by atoms with van der Waals surface area (Å²) in [6.45, 7) is 4.21. The third kappa shape index (κ3) is 3.47. The van der Waals surface area contributed by atoms with Crippen LogP contribution in [-0.4, -0.2) is 26.9 Å². The summed E-state index contributed by atoms with van der Waals surface area (Å²) in [7, 11) is -4.36. The average molecular weight is 380 g/mol. The van der Waals surface area contributed by atoms with Crippen molar-refractivity contribution in [2.45, 2.75) is 31.2 Å². The van der Waals surface area contributed by atoms with Gasteiger partial charge in [-0.1, -0.05) is 6.07 Å². The smallest absolute Gasteiger partial charge is 0.245 e. The number of rotatable bonds is 4. The molecule has 0 aliphatic carbocycles. The molecule has 1 aliphatic heterocycles. The Balaban J connectivity index is 1.82. The fraction of sp³-hybridized carbons (Fsp3) is 0.278. The van der Waals surface area contributed by atoms with Crippen LogP contribution in [-0.2, 0) is 14.8 Å². The Kier molecular flexibility index (Phi) is 4.81. The van der Waals surface area contributed by atoms with Crippen LogP contribution in [0, 0.1) is 25.5 Å². The summed E-state index contributed by atoms with van der Waals surface area (Å²) in [6.07, 6.45) is 0.238. The zero-order valence-corrected chi connectivity index (χ0v) is 15.1. The van der Waals surface area contributed by atoms with Crippen LogP contribution < -0.4 is 9.62 Å². The number of aryl methyl sites for hydroxylation is 2. The van der Waals surface area contributed by atoms with E-state index in [0.29, 0.717) is 18.3 Å². The van der Waals surface area contributed by atoms with Crippen molar-refractivity contribution >= 4 is 21.6 Å². The van der Waals surface area contributed by atoms with Gasteiger partial charge in [-0.05, 0) is 61.7 Å². The molecule has 26 heavy (non-hydrogen) atoms. The number of hydrogen-bond acceptors (Lipinski definition) is 3. The van der Waals surface area contributed by atoms with Crippen molar-refractivity contribution in [3.8, 4) is 0 Å². The molecule has 1 amide bonds. The minimum absolute atomic E-state index is 0.238. The molecule has 1 saturated heterocycles. The van der Waals surface area contributed by atoms with Crippen LogP contribution in [0.1, 0.15) is 17.5 Å². The van der Waals surface area contributed by atoms with Gasteiger partial charge >= 0.3 is 0 Å². The topological polar surface area (TPSA) is 66.5 Å². The maximum atomic E-state index is 13.8. The molecule has 1 fully saturated rings. The number of sulfonamides is 1. The molecular weight excluding hydrogens is 362 g/mol. The van der Waals surface area contributed by atoms with Gasteiger partial charge in [0.25, 0.3) is 0 Å². The number of nitrogens with one attached hydrogen (secondary N) is 1.